The number of hydrogen-bond donors (Lipinski definition) is 2. The molecular formula is C14H13N3O4S3. The van der Waals surface area contributed by atoms with Gasteiger partial charge in [0, 0.05) is 6.07 Å². The summed E-state index contributed by atoms with van der Waals surface area (Å²) in [5, 5.41) is 7.54. The molecule has 24 heavy (non-hydrogen) atoms. The van der Waals surface area contributed by atoms with Gasteiger partial charge >= 0.3 is 10.1 Å². The van der Waals surface area contributed by atoms with Crippen LogP contribution in [0.25, 0.3) is 10.2 Å². The smallest absolute Gasteiger partial charge is 0.348 e. The summed E-state index contributed by atoms with van der Waals surface area (Å²) in [6.07, 6.45) is 0. The topological polar surface area (TPSA) is 97.4 Å². The van der Waals surface area contributed by atoms with Gasteiger partial charge in [0.25, 0.3) is 0 Å². The maximum Gasteiger partial charge on any atom is 0.348 e. The standard InChI is InChI=1S/C14H13N3O4S3/c1-15-8-12(18)17-14-16-10-5-4-9(7-11(10)23-14)21-24(19,20)13-3-2-6-22-13/h2-7,15H,8H2,1H3,(H,16,17,18). The predicted molar refractivity (Wildman–Crippen MR) is 94.3 cm³/mol. The van der Waals surface area contributed by atoms with Crippen LogP contribution in [0.15, 0.2) is 39.9 Å². The number of fused-ring (bicyclic) bond motifs is 1. The predicted octanol–water partition coefficient (Wildman–Crippen LogP) is 2.28. The first-order chi connectivity index (χ1) is 11.5. The Morgan fingerprint density at radius 3 is 2.88 bits per heavy atom. The molecule has 0 aliphatic heterocycles. The van der Waals surface area contributed by atoms with Gasteiger partial charge in [-0.25, -0.2) is 4.98 Å². The molecule has 0 aliphatic rings. The van der Waals surface area contributed by atoms with E-state index in [1.54, 1.807) is 30.6 Å². The molecule has 0 unspecified atom stereocenters. The Kier molecular flexibility index (Phi) is 4.81. The summed E-state index contributed by atoms with van der Waals surface area (Å²) < 4.78 is 30.3. The van der Waals surface area contributed by atoms with Crippen molar-refractivity contribution in [2.75, 3.05) is 18.9 Å². The first-order valence-corrected chi connectivity index (χ1v) is 9.91. The minimum atomic E-state index is -3.83. The highest BCUT2D eigenvalue weighted by Crippen LogP contribution is 2.30. The second-order valence-corrected chi connectivity index (χ2v) is 8.45. The third-order valence-corrected chi connectivity index (χ3v) is 6.43. The van der Waals surface area contributed by atoms with E-state index in [9.17, 15) is 13.2 Å². The highest BCUT2D eigenvalue weighted by atomic mass is 32.3. The number of carbonyl (C=O) groups excluding carboxylic acids is 1. The highest BCUT2D eigenvalue weighted by molar-refractivity contribution is 7.89. The van der Waals surface area contributed by atoms with Crippen LogP contribution in [0.2, 0.25) is 0 Å². The van der Waals surface area contributed by atoms with Gasteiger partial charge in [-0.05, 0) is 30.6 Å². The van der Waals surface area contributed by atoms with E-state index in [0.717, 1.165) is 11.3 Å². The number of aromatic nitrogens is 1. The zero-order chi connectivity index (χ0) is 17.2. The van der Waals surface area contributed by atoms with Crippen molar-refractivity contribution in [2.24, 2.45) is 0 Å². The van der Waals surface area contributed by atoms with Crippen molar-refractivity contribution in [3.8, 4) is 5.75 Å². The van der Waals surface area contributed by atoms with E-state index in [-0.39, 0.29) is 22.4 Å². The van der Waals surface area contributed by atoms with Gasteiger partial charge in [-0.2, -0.15) is 8.42 Å². The zero-order valence-electron chi connectivity index (χ0n) is 12.5. The molecule has 3 rings (SSSR count). The molecule has 0 saturated carbocycles. The van der Waals surface area contributed by atoms with Crippen molar-refractivity contribution >= 4 is 54.0 Å². The maximum atomic E-state index is 12.1. The number of nitrogens with one attached hydrogen (secondary N) is 2. The van der Waals surface area contributed by atoms with E-state index in [1.807, 2.05) is 0 Å². The number of rotatable bonds is 6. The summed E-state index contributed by atoms with van der Waals surface area (Å²) >= 11 is 2.34. The highest BCUT2D eigenvalue weighted by Gasteiger charge is 2.18. The largest absolute Gasteiger partial charge is 0.378 e. The van der Waals surface area contributed by atoms with Crippen LogP contribution in [-0.4, -0.2) is 32.9 Å². The first kappa shape index (κ1) is 16.8. The lowest BCUT2D eigenvalue weighted by molar-refractivity contribution is -0.115. The normalized spacial score (nSPS) is 11.5. The lowest BCUT2D eigenvalue weighted by atomic mass is 10.3. The van der Waals surface area contributed by atoms with Gasteiger partial charge in [-0.3, -0.25) is 4.79 Å². The van der Waals surface area contributed by atoms with E-state index in [4.69, 9.17) is 4.18 Å². The number of amides is 1. The maximum absolute atomic E-state index is 12.1. The van der Waals surface area contributed by atoms with Gasteiger partial charge in [-0.15, -0.1) is 11.3 Å². The molecule has 1 amide bonds. The Bertz CT molecular complexity index is 964. The number of anilines is 1. The fourth-order valence-electron chi connectivity index (χ4n) is 1.91. The number of benzene rings is 1. The van der Waals surface area contributed by atoms with Gasteiger partial charge < -0.3 is 14.8 Å². The van der Waals surface area contributed by atoms with Crippen molar-refractivity contribution in [3.05, 3.63) is 35.7 Å². The summed E-state index contributed by atoms with van der Waals surface area (Å²) in [7, 11) is -2.16. The lowest BCUT2D eigenvalue weighted by Crippen LogP contribution is -2.24. The van der Waals surface area contributed by atoms with E-state index in [2.05, 4.69) is 15.6 Å². The molecule has 0 spiro atoms. The number of likely N-dealkylation sites (N-methyl/N-ethyl adjacent to an activating group) is 1. The molecule has 0 fully saturated rings. The Morgan fingerprint density at radius 1 is 1.33 bits per heavy atom. The van der Waals surface area contributed by atoms with Crippen LogP contribution in [-0.2, 0) is 14.9 Å². The van der Waals surface area contributed by atoms with Crippen LogP contribution in [0.3, 0.4) is 0 Å². The molecule has 126 valence electrons. The molecule has 7 nitrogen and oxygen atoms in total. The molecule has 0 bridgehead atoms. The fraction of sp³-hybridized carbons (Fsp3) is 0.143. The molecule has 1 aromatic carbocycles. The van der Waals surface area contributed by atoms with E-state index < -0.39 is 10.1 Å². The van der Waals surface area contributed by atoms with Crippen molar-refractivity contribution in [3.63, 3.8) is 0 Å². The third kappa shape index (κ3) is 3.73. The summed E-state index contributed by atoms with van der Waals surface area (Å²) in [5.41, 5.74) is 0.653. The summed E-state index contributed by atoms with van der Waals surface area (Å²) in [5.74, 6) is 0.000883. The third-order valence-electron chi connectivity index (χ3n) is 2.89. The van der Waals surface area contributed by atoms with E-state index in [0.29, 0.717) is 15.3 Å². The average molecular weight is 383 g/mol. The van der Waals surface area contributed by atoms with Gasteiger partial charge in [0.2, 0.25) is 5.91 Å². The van der Waals surface area contributed by atoms with Crippen LogP contribution in [0, 0.1) is 0 Å². The van der Waals surface area contributed by atoms with Gasteiger partial charge in [0.05, 0.1) is 16.8 Å². The summed E-state index contributed by atoms with van der Waals surface area (Å²) in [6, 6.07) is 7.91. The van der Waals surface area contributed by atoms with Crippen molar-refractivity contribution in [1.82, 2.24) is 10.3 Å². The Balaban J connectivity index is 1.82. The number of carbonyl (C=O) groups is 1. The van der Waals surface area contributed by atoms with Gasteiger partial charge in [0.1, 0.15) is 5.75 Å². The van der Waals surface area contributed by atoms with E-state index >= 15 is 0 Å². The Hall–Kier alpha value is -2.01. The number of hydrogen-bond acceptors (Lipinski definition) is 8. The average Bonchev–Trinajstić information content (AvgIpc) is 3.15. The minimum absolute atomic E-state index is 0.145. The Labute approximate surface area is 146 Å². The molecule has 3 aromatic rings. The quantitative estimate of drug-likeness (QED) is 0.634. The molecule has 0 radical (unpaired) electrons. The molecule has 2 aromatic heterocycles. The van der Waals surface area contributed by atoms with Crippen molar-refractivity contribution in [2.45, 2.75) is 4.21 Å². The van der Waals surface area contributed by atoms with Crippen LogP contribution >= 0.6 is 22.7 Å². The minimum Gasteiger partial charge on any atom is -0.378 e. The first-order valence-electron chi connectivity index (χ1n) is 6.81. The number of thiazole rings is 1. The number of thiophene rings is 1. The molecule has 2 N–H and O–H groups in total. The molecule has 2 heterocycles. The van der Waals surface area contributed by atoms with Crippen LogP contribution < -0.4 is 14.8 Å². The van der Waals surface area contributed by atoms with Crippen molar-refractivity contribution < 1.29 is 17.4 Å². The number of nitrogens with zero attached hydrogens (tertiary/aromatic N) is 1. The molecule has 0 aliphatic carbocycles. The fourth-order valence-corrected chi connectivity index (χ4v) is 4.69. The SMILES string of the molecule is CNCC(=O)Nc1nc2ccc(OS(=O)(=O)c3cccs3)cc2s1. The zero-order valence-corrected chi connectivity index (χ0v) is 14.9. The lowest BCUT2D eigenvalue weighted by Gasteiger charge is -2.04. The summed E-state index contributed by atoms with van der Waals surface area (Å²) in [6.45, 7) is 0.184. The van der Waals surface area contributed by atoms with Gasteiger partial charge in [0.15, 0.2) is 9.34 Å². The second-order valence-electron chi connectivity index (χ2n) is 4.70. The van der Waals surface area contributed by atoms with Crippen LogP contribution in [0.5, 0.6) is 5.75 Å². The second kappa shape index (κ2) is 6.85. The molecule has 0 atom stereocenters. The molecular weight excluding hydrogens is 370 g/mol. The monoisotopic (exact) mass is 383 g/mol. The van der Waals surface area contributed by atoms with Crippen LogP contribution in [0.1, 0.15) is 0 Å². The molecule has 0 saturated heterocycles. The Morgan fingerprint density at radius 2 is 2.17 bits per heavy atom. The van der Waals surface area contributed by atoms with E-state index in [1.165, 1.54) is 23.5 Å². The van der Waals surface area contributed by atoms with Crippen LogP contribution in [0.4, 0.5) is 5.13 Å². The molecule has 10 heteroatoms. The summed E-state index contributed by atoms with van der Waals surface area (Å²) in [4.78, 5) is 15.8. The van der Waals surface area contributed by atoms with Crippen molar-refractivity contribution in [1.29, 1.82) is 0 Å². The van der Waals surface area contributed by atoms with Gasteiger partial charge in [-0.1, -0.05) is 17.4 Å².